The lowest BCUT2D eigenvalue weighted by atomic mass is 9.93. The smallest absolute Gasteiger partial charge is 0.0917 e. The molecule has 1 aromatic carbocycles. The molecule has 2 nitrogen and oxygen atoms in total. The van der Waals surface area contributed by atoms with Gasteiger partial charge >= 0.3 is 0 Å². The fraction of sp³-hybridized carbons (Fsp3) is 0.538. The molecule has 0 amide bonds. The van der Waals surface area contributed by atoms with Gasteiger partial charge in [0.05, 0.1) is 12.2 Å². The Kier molecular flexibility index (Phi) is 4.79. The number of benzene rings is 1. The lowest BCUT2D eigenvalue weighted by Gasteiger charge is -2.26. The van der Waals surface area contributed by atoms with Crippen LogP contribution in [0.3, 0.4) is 0 Å². The van der Waals surface area contributed by atoms with Gasteiger partial charge in [-0.2, -0.15) is 0 Å². The fourth-order valence-electron chi connectivity index (χ4n) is 1.55. The maximum atomic E-state index is 10.3. The molecule has 1 unspecified atom stereocenters. The Morgan fingerprint density at radius 2 is 1.87 bits per heavy atom. The molecule has 0 saturated carbocycles. The highest BCUT2D eigenvalue weighted by molar-refractivity contribution is 5.17. The van der Waals surface area contributed by atoms with Gasteiger partial charge in [0.25, 0.3) is 0 Å². The molecule has 0 heterocycles. The van der Waals surface area contributed by atoms with Gasteiger partial charge in [-0.15, -0.1) is 0 Å². The molecule has 1 atom stereocenters. The third kappa shape index (κ3) is 4.02. The predicted molar refractivity (Wildman–Crippen MR) is 61.9 cm³/mol. The first-order chi connectivity index (χ1) is 7.20. The summed E-state index contributed by atoms with van der Waals surface area (Å²) in [6.45, 7) is 4.99. The first kappa shape index (κ1) is 12.2. The van der Waals surface area contributed by atoms with Crippen LogP contribution >= 0.6 is 0 Å². The molecule has 0 fully saturated rings. The van der Waals surface area contributed by atoms with Gasteiger partial charge in [0, 0.05) is 13.0 Å². The van der Waals surface area contributed by atoms with Crippen LogP contribution < -0.4 is 0 Å². The van der Waals surface area contributed by atoms with Gasteiger partial charge < -0.3 is 9.84 Å². The van der Waals surface area contributed by atoms with Crippen molar-refractivity contribution in [1.82, 2.24) is 0 Å². The van der Waals surface area contributed by atoms with Crippen molar-refractivity contribution in [3.8, 4) is 0 Å². The normalized spacial score (nSPS) is 14.9. The second-order valence-corrected chi connectivity index (χ2v) is 3.88. The second-order valence-electron chi connectivity index (χ2n) is 3.88. The summed E-state index contributed by atoms with van der Waals surface area (Å²) in [7, 11) is 0. The molecule has 0 aliphatic carbocycles. The van der Waals surface area contributed by atoms with Crippen molar-refractivity contribution in [2.75, 3.05) is 13.2 Å². The average molecular weight is 208 g/mol. The van der Waals surface area contributed by atoms with Crippen molar-refractivity contribution in [3.63, 3.8) is 0 Å². The van der Waals surface area contributed by atoms with Gasteiger partial charge in [-0.1, -0.05) is 37.3 Å². The standard InChI is InChI=1S/C13H20O2/c1-3-13(14,11-15-4-2)10-12-8-6-5-7-9-12/h5-9,14H,3-4,10-11H2,1-2H3. The van der Waals surface area contributed by atoms with Gasteiger partial charge in [0.15, 0.2) is 0 Å². The van der Waals surface area contributed by atoms with E-state index >= 15 is 0 Å². The van der Waals surface area contributed by atoms with Crippen molar-refractivity contribution in [2.45, 2.75) is 32.3 Å². The van der Waals surface area contributed by atoms with Crippen LogP contribution in [-0.4, -0.2) is 23.9 Å². The van der Waals surface area contributed by atoms with Crippen LogP contribution in [0.4, 0.5) is 0 Å². The van der Waals surface area contributed by atoms with E-state index in [9.17, 15) is 5.11 Å². The SMILES string of the molecule is CCOCC(O)(CC)Cc1ccccc1. The summed E-state index contributed by atoms with van der Waals surface area (Å²) in [6, 6.07) is 10.0. The number of rotatable bonds is 6. The molecule has 1 rings (SSSR count). The molecule has 0 bridgehead atoms. The summed E-state index contributed by atoms with van der Waals surface area (Å²) in [4.78, 5) is 0. The van der Waals surface area contributed by atoms with Crippen LogP contribution in [0.1, 0.15) is 25.8 Å². The van der Waals surface area contributed by atoms with E-state index in [-0.39, 0.29) is 0 Å². The van der Waals surface area contributed by atoms with Gasteiger partial charge in [-0.05, 0) is 18.9 Å². The van der Waals surface area contributed by atoms with Gasteiger partial charge in [-0.25, -0.2) is 0 Å². The molecule has 15 heavy (non-hydrogen) atoms. The van der Waals surface area contributed by atoms with E-state index in [0.29, 0.717) is 26.1 Å². The fourth-order valence-corrected chi connectivity index (χ4v) is 1.55. The highest BCUT2D eigenvalue weighted by Crippen LogP contribution is 2.17. The minimum atomic E-state index is -0.725. The lowest BCUT2D eigenvalue weighted by Crippen LogP contribution is -2.36. The number of ether oxygens (including phenoxy) is 1. The van der Waals surface area contributed by atoms with Crippen LogP contribution in [-0.2, 0) is 11.2 Å². The van der Waals surface area contributed by atoms with E-state index in [0.717, 1.165) is 5.56 Å². The summed E-state index contributed by atoms with van der Waals surface area (Å²) in [5.74, 6) is 0. The molecule has 0 aliphatic heterocycles. The van der Waals surface area contributed by atoms with Gasteiger partial charge in [0.2, 0.25) is 0 Å². The van der Waals surface area contributed by atoms with Crippen molar-refractivity contribution >= 4 is 0 Å². The molecule has 0 spiro atoms. The third-order valence-corrected chi connectivity index (χ3v) is 2.61. The molecular weight excluding hydrogens is 188 g/mol. The zero-order chi connectivity index (χ0) is 11.1. The molecule has 0 aliphatic rings. The Bertz CT molecular complexity index is 271. The van der Waals surface area contributed by atoms with Crippen LogP contribution in [0.5, 0.6) is 0 Å². The average Bonchev–Trinajstić information content (AvgIpc) is 2.28. The first-order valence-electron chi connectivity index (χ1n) is 5.54. The molecule has 0 aromatic heterocycles. The van der Waals surface area contributed by atoms with E-state index < -0.39 is 5.60 Å². The van der Waals surface area contributed by atoms with E-state index in [1.807, 2.05) is 44.2 Å². The molecule has 0 radical (unpaired) electrons. The quantitative estimate of drug-likeness (QED) is 0.778. The summed E-state index contributed by atoms with van der Waals surface area (Å²) in [5.41, 5.74) is 0.429. The Morgan fingerprint density at radius 3 is 2.40 bits per heavy atom. The minimum Gasteiger partial charge on any atom is -0.387 e. The Balaban J connectivity index is 2.59. The van der Waals surface area contributed by atoms with Crippen molar-refractivity contribution in [2.24, 2.45) is 0 Å². The summed E-state index contributed by atoms with van der Waals surface area (Å²) in [5, 5.41) is 10.3. The van der Waals surface area contributed by atoms with Crippen LogP contribution in [0.15, 0.2) is 30.3 Å². The van der Waals surface area contributed by atoms with Crippen molar-refractivity contribution in [3.05, 3.63) is 35.9 Å². The number of aliphatic hydroxyl groups is 1. The maximum Gasteiger partial charge on any atom is 0.0917 e. The highest BCUT2D eigenvalue weighted by Gasteiger charge is 2.25. The summed E-state index contributed by atoms with van der Waals surface area (Å²) < 4.78 is 5.31. The molecule has 1 N–H and O–H groups in total. The van der Waals surface area contributed by atoms with E-state index in [2.05, 4.69) is 0 Å². The maximum absolute atomic E-state index is 10.3. The van der Waals surface area contributed by atoms with Crippen molar-refractivity contribution < 1.29 is 9.84 Å². The number of hydrogen-bond acceptors (Lipinski definition) is 2. The lowest BCUT2D eigenvalue weighted by molar-refractivity contribution is -0.0453. The van der Waals surface area contributed by atoms with Crippen LogP contribution in [0.25, 0.3) is 0 Å². The van der Waals surface area contributed by atoms with Crippen LogP contribution in [0.2, 0.25) is 0 Å². The first-order valence-corrected chi connectivity index (χ1v) is 5.54. The van der Waals surface area contributed by atoms with Gasteiger partial charge in [-0.3, -0.25) is 0 Å². The highest BCUT2D eigenvalue weighted by atomic mass is 16.5. The molecule has 1 aromatic rings. The summed E-state index contributed by atoms with van der Waals surface area (Å²) in [6.07, 6.45) is 1.37. The predicted octanol–water partition coefficient (Wildman–Crippen LogP) is 2.41. The largest absolute Gasteiger partial charge is 0.387 e. The molecule has 0 saturated heterocycles. The Hall–Kier alpha value is -0.860. The Labute approximate surface area is 91.9 Å². The second kappa shape index (κ2) is 5.89. The Morgan fingerprint density at radius 1 is 1.20 bits per heavy atom. The van der Waals surface area contributed by atoms with Gasteiger partial charge in [0.1, 0.15) is 0 Å². The molecule has 2 heteroatoms. The zero-order valence-corrected chi connectivity index (χ0v) is 9.57. The summed E-state index contributed by atoms with van der Waals surface area (Å²) >= 11 is 0. The molecular formula is C13H20O2. The monoisotopic (exact) mass is 208 g/mol. The minimum absolute atomic E-state index is 0.412. The van der Waals surface area contributed by atoms with E-state index in [4.69, 9.17) is 4.74 Å². The third-order valence-electron chi connectivity index (χ3n) is 2.61. The van der Waals surface area contributed by atoms with Crippen LogP contribution in [0, 0.1) is 0 Å². The van der Waals surface area contributed by atoms with E-state index in [1.165, 1.54) is 0 Å². The topological polar surface area (TPSA) is 29.5 Å². The van der Waals surface area contributed by atoms with E-state index in [1.54, 1.807) is 0 Å². The number of hydrogen-bond donors (Lipinski definition) is 1. The zero-order valence-electron chi connectivity index (χ0n) is 9.57. The molecule has 84 valence electrons. The van der Waals surface area contributed by atoms with Crippen molar-refractivity contribution in [1.29, 1.82) is 0 Å².